The van der Waals surface area contributed by atoms with E-state index in [-0.39, 0.29) is 6.61 Å². The molecule has 0 atom stereocenters. The number of ketones is 1. The van der Waals surface area contributed by atoms with Crippen LogP contribution >= 0.6 is 0 Å². The standard InChI is InChI=1S/C14H14F3NO3/c1-4-7(14(20)21-5-2)13(19)8-6(3)9(15)10(16)11(17)12(8)18/h4H,5,18H2,1-3H3/b7-4+. The van der Waals surface area contributed by atoms with Gasteiger partial charge in [-0.25, -0.2) is 18.0 Å². The lowest BCUT2D eigenvalue weighted by molar-refractivity contribution is -0.138. The van der Waals surface area contributed by atoms with Crippen molar-refractivity contribution in [2.75, 3.05) is 12.3 Å². The Balaban J connectivity index is 3.47. The molecule has 0 aliphatic heterocycles. The maximum atomic E-state index is 13.6. The summed E-state index contributed by atoms with van der Waals surface area (Å²) in [4.78, 5) is 23.9. The maximum absolute atomic E-state index is 13.6. The van der Waals surface area contributed by atoms with Crippen LogP contribution in [-0.2, 0) is 9.53 Å². The molecule has 0 aliphatic carbocycles. The predicted molar refractivity (Wildman–Crippen MR) is 70.2 cm³/mol. The van der Waals surface area contributed by atoms with Gasteiger partial charge in [0.15, 0.2) is 17.5 Å². The predicted octanol–water partition coefficient (Wildman–Crippen LogP) is 2.69. The average Bonchev–Trinajstić information content (AvgIpc) is 2.44. The van der Waals surface area contributed by atoms with E-state index in [1.54, 1.807) is 0 Å². The summed E-state index contributed by atoms with van der Waals surface area (Å²) < 4.78 is 44.9. The van der Waals surface area contributed by atoms with Gasteiger partial charge in [-0.05, 0) is 20.8 Å². The Hall–Kier alpha value is -2.31. The monoisotopic (exact) mass is 301 g/mol. The zero-order chi connectivity index (χ0) is 16.3. The molecule has 0 heterocycles. The fourth-order valence-electron chi connectivity index (χ4n) is 1.78. The molecule has 0 saturated carbocycles. The van der Waals surface area contributed by atoms with Gasteiger partial charge in [0, 0.05) is 5.56 Å². The van der Waals surface area contributed by atoms with Crippen LogP contribution in [0.2, 0.25) is 0 Å². The molecule has 0 radical (unpaired) electrons. The highest BCUT2D eigenvalue weighted by Gasteiger charge is 2.29. The number of esters is 1. The normalized spacial score (nSPS) is 11.4. The Bertz CT molecular complexity index is 610. The van der Waals surface area contributed by atoms with Gasteiger partial charge in [-0.1, -0.05) is 6.08 Å². The Labute approximate surface area is 119 Å². The zero-order valence-electron chi connectivity index (χ0n) is 11.7. The number of nitrogen functional groups attached to an aromatic ring is 1. The van der Waals surface area contributed by atoms with Crippen LogP contribution in [0, 0.1) is 24.4 Å². The SMILES string of the molecule is C/C=C(/C(=O)OCC)C(=O)c1c(C)c(F)c(F)c(F)c1N. The van der Waals surface area contributed by atoms with Crippen molar-refractivity contribution < 1.29 is 27.5 Å². The van der Waals surface area contributed by atoms with E-state index in [0.29, 0.717) is 0 Å². The number of allylic oxidation sites excluding steroid dienone is 1. The van der Waals surface area contributed by atoms with Crippen molar-refractivity contribution >= 4 is 17.4 Å². The minimum atomic E-state index is -1.76. The third kappa shape index (κ3) is 2.91. The summed E-state index contributed by atoms with van der Waals surface area (Å²) in [5, 5.41) is 0. The Morgan fingerprint density at radius 1 is 1.19 bits per heavy atom. The molecule has 0 aromatic heterocycles. The lowest BCUT2D eigenvalue weighted by atomic mass is 9.96. The van der Waals surface area contributed by atoms with E-state index in [1.165, 1.54) is 13.8 Å². The molecule has 1 aromatic carbocycles. The fourth-order valence-corrected chi connectivity index (χ4v) is 1.78. The number of rotatable bonds is 4. The van der Waals surface area contributed by atoms with Crippen LogP contribution in [0.3, 0.4) is 0 Å². The highest BCUT2D eigenvalue weighted by atomic mass is 19.2. The Morgan fingerprint density at radius 2 is 1.76 bits per heavy atom. The molecule has 1 aromatic rings. The van der Waals surface area contributed by atoms with Crippen LogP contribution in [0.4, 0.5) is 18.9 Å². The van der Waals surface area contributed by atoms with Crippen molar-refractivity contribution in [3.8, 4) is 0 Å². The van der Waals surface area contributed by atoms with Crippen molar-refractivity contribution in [2.24, 2.45) is 0 Å². The van der Waals surface area contributed by atoms with Crippen LogP contribution in [0.5, 0.6) is 0 Å². The zero-order valence-corrected chi connectivity index (χ0v) is 11.7. The molecule has 0 aliphatic rings. The number of halogens is 3. The molecule has 114 valence electrons. The van der Waals surface area contributed by atoms with Crippen molar-refractivity contribution in [3.05, 3.63) is 40.2 Å². The summed E-state index contributed by atoms with van der Waals surface area (Å²) in [6.45, 7) is 4.00. The van der Waals surface area contributed by atoms with Crippen molar-refractivity contribution in [1.29, 1.82) is 0 Å². The first kappa shape index (κ1) is 16.7. The molecular weight excluding hydrogens is 287 g/mol. The first-order valence-electron chi connectivity index (χ1n) is 6.08. The minimum absolute atomic E-state index is 0.0179. The Morgan fingerprint density at radius 3 is 2.24 bits per heavy atom. The largest absolute Gasteiger partial charge is 0.462 e. The molecule has 1 rings (SSSR count). The van der Waals surface area contributed by atoms with Gasteiger partial charge < -0.3 is 10.5 Å². The van der Waals surface area contributed by atoms with Gasteiger partial charge in [-0.3, -0.25) is 4.79 Å². The van der Waals surface area contributed by atoms with Crippen LogP contribution < -0.4 is 5.73 Å². The molecular formula is C14H14F3NO3. The minimum Gasteiger partial charge on any atom is -0.462 e. The number of carbonyl (C=O) groups excluding carboxylic acids is 2. The fraction of sp³-hybridized carbons (Fsp3) is 0.286. The number of ether oxygens (including phenoxy) is 1. The molecule has 0 amide bonds. The number of nitrogens with two attached hydrogens (primary N) is 1. The van der Waals surface area contributed by atoms with E-state index >= 15 is 0 Å². The number of benzene rings is 1. The molecule has 0 unspecified atom stereocenters. The topological polar surface area (TPSA) is 69.4 Å². The van der Waals surface area contributed by atoms with Crippen LogP contribution in [0.15, 0.2) is 11.6 Å². The second-order valence-electron chi connectivity index (χ2n) is 4.11. The smallest absolute Gasteiger partial charge is 0.341 e. The summed E-state index contributed by atoms with van der Waals surface area (Å²) >= 11 is 0. The third-order valence-electron chi connectivity index (χ3n) is 2.85. The lowest BCUT2D eigenvalue weighted by Gasteiger charge is -2.13. The molecule has 0 spiro atoms. The lowest BCUT2D eigenvalue weighted by Crippen LogP contribution is -2.20. The van der Waals surface area contributed by atoms with Gasteiger partial charge in [0.25, 0.3) is 0 Å². The van der Waals surface area contributed by atoms with Crippen molar-refractivity contribution in [2.45, 2.75) is 20.8 Å². The summed E-state index contributed by atoms with van der Waals surface area (Å²) in [7, 11) is 0. The first-order valence-corrected chi connectivity index (χ1v) is 6.08. The number of hydrogen-bond donors (Lipinski definition) is 1. The van der Waals surface area contributed by atoms with Gasteiger partial charge in [-0.15, -0.1) is 0 Å². The molecule has 0 fully saturated rings. The van der Waals surface area contributed by atoms with Gasteiger partial charge in [0.2, 0.25) is 5.78 Å². The second-order valence-corrected chi connectivity index (χ2v) is 4.11. The molecule has 7 heteroatoms. The van der Waals surface area contributed by atoms with E-state index in [0.717, 1.165) is 13.0 Å². The van der Waals surface area contributed by atoms with Crippen LogP contribution in [0.25, 0.3) is 0 Å². The van der Waals surface area contributed by atoms with Crippen LogP contribution in [-0.4, -0.2) is 18.4 Å². The quantitative estimate of drug-likeness (QED) is 0.177. The van der Waals surface area contributed by atoms with Crippen molar-refractivity contribution in [1.82, 2.24) is 0 Å². The molecule has 4 nitrogen and oxygen atoms in total. The molecule has 0 saturated heterocycles. The second kappa shape index (κ2) is 6.43. The van der Waals surface area contributed by atoms with E-state index in [1.807, 2.05) is 0 Å². The van der Waals surface area contributed by atoms with Gasteiger partial charge >= 0.3 is 5.97 Å². The first-order chi connectivity index (χ1) is 9.77. The third-order valence-corrected chi connectivity index (χ3v) is 2.85. The van der Waals surface area contributed by atoms with Gasteiger partial charge in [0.1, 0.15) is 5.57 Å². The molecule has 21 heavy (non-hydrogen) atoms. The van der Waals surface area contributed by atoms with E-state index in [9.17, 15) is 22.8 Å². The van der Waals surface area contributed by atoms with E-state index < -0.39 is 51.6 Å². The average molecular weight is 301 g/mol. The summed E-state index contributed by atoms with van der Waals surface area (Å²) in [5.74, 6) is -6.93. The maximum Gasteiger partial charge on any atom is 0.341 e. The summed E-state index contributed by atoms with van der Waals surface area (Å²) in [6, 6.07) is 0. The van der Waals surface area contributed by atoms with E-state index in [2.05, 4.69) is 4.74 Å². The summed E-state index contributed by atoms with van der Waals surface area (Å²) in [5.41, 5.74) is 3.00. The van der Waals surface area contributed by atoms with Crippen LogP contribution in [0.1, 0.15) is 29.8 Å². The number of carbonyl (C=O) groups is 2. The summed E-state index contributed by atoms with van der Waals surface area (Å²) in [6.07, 6.45) is 1.14. The number of anilines is 1. The van der Waals surface area contributed by atoms with E-state index in [4.69, 9.17) is 5.73 Å². The number of hydrogen-bond acceptors (Lipinski definition) is 4. The van der Waals surface area contributed by atoms with Gasteiger partial charge in [-0.2, -0.15) is 0 Å². The molecule has 2 N–H and O–H groups in total. The highest BCUT2D eigenvalue weighted by molar-refractivity contribution is 6.26. The van der Waals surface area contributed by atoms with Crippen molar-refractivity contribution in [3.63, 3.8) is 0 Å². The Kier molecular flexibility index (Phi) is 5.12. The highest BCUT2D eigenvalue weighted by Crippen LogP contribution is 2.29. The van der Waals surface area contributed by atoms with Gasteiger partial charge in [0.05, 0.1) is 17.9 Å². The molecule has 0 bridgehead atoms. The number of Topliss-reactive ketones (excluding diaryl/α,β-unsaturated/α-hetero) is 1.